The van der Waals surface area contributed by atoms with Gasteiger partial charge in [-0.2, -0.15) is 0 Å². The van der Waals surface area contributed by atoms with Crippen LogP contribution in [0.15, 0.2) is 48.5 Å². The van der Waals surface area contributed by atoms with Crippen molar-refractivity contribution in [2.45, 2.75) is 25.4 Å². The van der Waals surface area contributed by atoms with E-state index in [2.05, 4.69) is 10.6 Å². The van der Waals surface area contributed by atoms with Crippen molar-refractivity contribution in [3.8, 4) is 5.75 Å². The molecule has 2 aromatic rings. The molecule has 0 bridgehead atoms. The van der Waals surface area contributed by atoms with Crippen LogP contribution in [0.25, 0.3) is 0 Å². The van der Waals surface area contributed by atoms with Crippen molar-refractivity contribution in [3.63, 3.8) is 0 Å². The number of rotatable bonds is 5. The largest absolute Gasteiger partial charge is 0.497 e. The van der Waals surface area contributed by atoms with Crippen molar-refractivity contribution in [1.29, 1.82) is 0 Å². The molecular weight excluding hydrogens is 349 g/mol. The monoisotopic (exact) mass is 371 g/mol. The second kappa shape index (κ2) is 8.53. The van der Waals surface area contributed by atoms with Crippen LogP contribution in [0.3, 0.4) is 0 Å². The van der Waals surface area contributed by atoms with Crippen molar-refractivity contribution >= 4 is 17.6 Å². The first-order valence-electron chi connectivity index (χ1n) is 8.80. The van der Waals surface area contributed by atoms with Gasteiger partial charge in [0.25, 0.3) is 0 Å². The lowest BCUT2D eigenvalue weighted by Gasteiger charge is -2.24. The molecule has 3 rings (SSSR count). The third-order valence-corrected chi connectivity index (χ3v) is 4.54. The Labute approximate surface area is 157 Å². The first-order chi connectivity index (χ1) is 13.1. The molecule has 0 aromatic heterocycles. The van der Waals surface area contributed by atoms with Crippen molar-refractivity contribution in [2.24, 2.45) is 0 Å². The zero-order valence-electron chi connectivity index (χ0n) is 15.1. The Bertz CT molecular complexity index is 793. The zero-order chi connectivity index (χ0) is 19.2. The van der Waals surface area contributed by atoms with Gasteiger partial charge in [0.05, 0.1) is 7.11 Å². The number of methoxy groups -OCH3 is 1. The molecule has 1 unspecified atom stereocenters. The number of carbonyl (C=O) groups is 2. The second-order valence-electron chi connectivity index (χ2n) is 6.35. The SMILES string of the molecule is COc1ccc(CNC(=O)C2CCCN2C(=O)Nc2ccc(F)cc2)cc1. The molecule has 3 amide bonds. The smallest absolute Gasteiger partial charge is 0.322 e. The van der Waals surface area contributed by atoms with E-state index < -0.39 is 6.04 Å². The minimum Gasteiger partial charge on any atom is -0.497 e. The number of hydrogen-bond acceptors (Lipinski definition) is 3. The van der Waals surface area contributed by atoms with Gasteiger partial charge in [-0.3, -0.25) is 4.79 Å². The molecule has 1 aliphatic heterocycles. The number of likely N-dealkylation sites (tertiary alicyclic amines) is 1. The summed E-state index contributed by atoms with van der Waals surface area (Å²) >= 11 is 0. The van der Waals surface area contributed by atoms with Gasteiger partial charge in [0, 0.05) is 18.8 Å². The normalized spacial score (nSPS) is 16.1. The van der Waals surface area contributed by atoms with E-state index >= 15 is 0 Å². The number of urea groups is 1. The first kappa shape index (κ1) is 18.7. The predicted molar refractivity (Wildman–Crippen MR) is 100.0 cm³/mol. The number of hydrogen-bond donors (Lipinski definition) is 2. The van der Waals surface area contributed by atoms with Gasteiger partial charge >= 0.3 is 6.03 Å². The summed E-state index contributed by atoms with van der Waals surface area (Å²) < 4.78 is 18.1. The molecule has 2 aromatic carbocycles. The van der Waals surface area contributed by atoms with Crippen LogP contribution in [0.5, 0.6) is 5.75 Å². The zero-order valence-corrected chi connectivity index (χ0v) is 15.1. The van der Waals surface area contributed by atoms with Gasteiger partial charge in [-0.15, -0.1) is 0 Å². The minimum atomic E-state index is -0.510. The summed E-state index contributed by atoms with van der Waals surface area (Å²) in [5.74, 6) is 0.201. The molecule has 6 nitrogen and oxygen atoms in total. The Morgan fingerprint density at radius 3 is 2.52 bits per heavy atom. The molecule has 27 heavy (non-hydrogen) atoms. The molecule has 1 aliphatic rings. The van der Waals surface area contributed by atoms with E-state index in [1.165, 1.54) is 29.2 Å². The average molecular weight is 371 g/mol. The van der Waals surface area contributed by atoms with E-state index in [0.717, 1.165) is 17.7 Å². The van der Waals surface area contributed by atoms with Gasteiger partial charge in [-0.25, -0.2) is 9.18 Å². The Morgan fingerprint density at radius 1 is 1.15 bits per heavy atom. The van der Waals surface area contributed by atoms with Crippen molar-refractivity contribution in [3.05, 3.63) is 59.9 Å². The minimum absolute atomic E-state index is 0.183. The van der Waals surface area contributed by atoms with Crippen LogP contribution in [0, 0.1) is 5.82 Å². The van der Waals surface area contributed by atoms with Crippen LogP contribution in [0.2, 0.25) is 0 Å². The third kappa shape index (κ3) is 4.75. The summed E-state index contributed by atoms with van der Waals surface area (Å²) in [4.78, 5) is 26.6. The highest BCUT2D eigenvalue weighted by molar-refractivity contribution is 5.94. The van der Waals surface area contributed by atoms with Gasteiger partial charge in [-0.1, -0.05) is 12.1 Å². The average Bonchev–Trinajstić information content (AvgIpc) is 3.18. The quantitative estimate of drug-likeness (QED) is 0.848. The van der Waals surface area contributed by atoms with Gasteiger partial charge in [0.2, 0.25) is 5.91 Å². The van der Waals surface area contributed by atoms with Gasteiger partial charge in [-0.05, 0) is 54.8 Å². The summed E-state index contributed by atoms with van der Waals surface area (Å²) in [6.07, 6.45) is 1.38. The summed E-state index contributed by atoms with van der Waals surface area (Å²) in [6, 6.07) is 12.1. The molecular formula is C20H22FN3O3. The summed E-state index contributed by atoms with van der Waals surface area (Å²) in [5.41, 5.74) is 1.44. The van der Waals surface area contributed by atoms with Gasteiger partial charge < -0.3 is 20.3 Å². The summed E-state index contributed by atoms with van der Waals surface area (Å²) in [5, 5.41) is 5.59. The maximum absolute atomic E-state index is 13.0. The highest BCUT2D eigenvalue weighted by atomic mass is 19.1. The Morgan fingerprint density at radius 2 is 1.85 bits per heavy atom. The Balaban J connectivity index is 1.56. The number of anilines is 1. The molecule has 7 heteroatoms. The van der Waals surface area contributed by atoms with Gasteiger partial charge in [0.1, 0.15) is 17.6 Å². The van der Waals surface area contributed by atoms with Crippen molar-refractivity contribution in [2.75, 3.05) is 19.0 Å². The molecule has 142 valence electrons. The molecule has 0 radical (unpaired) electrons. The number of halogens is 1. The van der Waals surface area contributed by atoms with E-state index in [1.54, 1.807) is 7.11 Å². The lowest BCUT2D eigenvalue weighted by molar-refractivity contribution is -0.124. The van der Waals surface area contributed by atoms with Crippen LogP contribution in [0.1, 0.15) is 18.4 Å². The predicted octanol–water partition coefficient (Wildman–Crippen LogP) is 3.15. The van der Waals surface area contributed by atoms with Crippen molar-refractivity contribution < 1.29 is 18.7 Å². The lowest BCUT2D eigenvalue weighted by Crippen LogP contribution is -2.47. The standard InChI is InChI=1S/C20H22FN3O3/c1-27-17-10-4-14(5-11-17)13-22-19(25)18-3-2-12-24(18)20(26)23-16-8-6-15(21)7-9-16/h4-11,18H,2-3,12-13H2,1H3,(H,22,25)(H,23,26). The Hall–Kier alpha value is -3.09. The number of nitrogens with zero attached hydrogens (tertiary/aromatic N) is 1. The van der Waals surface area contributed by atoms with Crippen LogP contribution in [-0.2, 0) is 11.3 Å². The molecule has 0 spiro atoms. The fourth-order valence-electron chi connectivity index (χ4n) is 3.06. The van der Waals surface area contributed by atoms with E-state index in [9.17, 15) is 14.0 Å². The van der Waals surface area contributed by atoms with E-state index in [1.807, 2.05) is 24.3 Å². The van der Waals surface area contributed by atoms with Gasteiger partial charge in [0.15, 0.2) is 0 Å². The maximum Gasteiger partial charge on any atom is 0.322 e. The maximum atomic E-state index is 13.0. The summed E-state index contributed by atoms with van der Waals surface area (Å²) in [6.45, 7) is 0.889. The highest BCUT2D eigenvalue weighted by Crippen LogP contribution is 2.20. The fraction of sp³-hybridized carbons (Fsp3) is 0.300. The number of nitrogens with one attached hydrogen (secondary N) is 2. The van der Waals surface area contributed by atoms with E-state index in [-0.39, 0.29) is 17.8 Å². The number of ether oxygens (including phenoxy) is 1. The highest BCUT2D eigenvalue weighted by Gasteiger charge is 2.34. The molecule has 0 aliphatic carbocycles. The molecule has 1 heterocycles. The van der Waals surface area contributed by atoms with E-state index in [4.69, 9.17) is 4.74 Å². The van der Waals surface area contributed by atoms with Crippen LogP contribution >= 0.6 is 0 Å². The first-order valence-corrected chi connectivity index (χ1v) is 8.80. The summed E-state index contributed by atoms with van der Waals surface area (Å²) in [7, 11) is 1.60. The number of carbonyl (C=O) groups excluding carboxylic acids is 2. The second-order valence-corrected chi connectivity index (χ2v) is 6.35. The number of benzene rings is 2. The topological polar surface area (TPSA) is 70.7 Å². The van der Waals surface area contributed by atoms with Crippen LogP contribution < -0.4 is 15.4 Å². The fourth-order valence-corrected chi connectivity index (χ4v) is 3.06. The van der Waals surface area contributed by atoms with Crippen molar-refractivity contribution in [1.82, 2.24) is 10.2 Å². The Kier molecular flexibility index (Phi) is 5.90. The molecule has 1 fully saturated rings. The number of amides is 3. The van der Waals surface area contributed by atoms with Crippen LogP contribution in [0.4, 0.5) is 14.9 Å². The third-order valence-electron chi connectivity index (χ3n) is 4.54. The lowest BCUT2D eigenvalue weighted by atomic mass is 10.2. The molecule has 2 N–H and O–H groups in total. The molecule has 1 atom stereocenters. The van der Waals surface area contributed by atoms with Crippen LogP contribution in [-0.4, -0.2) is 36.5 Å². The molecule has 0 saturated carbocycles. The molecule has 1 saturated heterocycles. The van der Waals surface area contributed by atoms with E-state index in [0.29, 0.717) is 25.2 Å².